The second-order valence-electron chi connectivity index (χ2n) is 6.56. The van der Waals surface area contributed by atoms with Crippen molar-refractivity contribution in [2.24, 2.45) is 0 Å². The molecule has 0 aromatic heterocycles. The maximum atomic E-state index is 7.00. The zero-order valence-electron chi connectivity index (χ0n) is 14.1. The van der Waals surface area contributed by atoms with Gasteiger partial charge in [-0.3, -0.25) is 0 Å². The molecular weight excluding hydrogens is 341 g/mol. The van der Waals surface area contributed by atoms with Crippen molar-refractivity contribution < 1.29 is 5.11 Å². The molecule has 2 aromatic carbocycles. The molecule has 0 unspecified atom stereocenters. The molecule has 1 N–H and O–H groups in total. The van der Waals surface area contributed by atoms with Gasteiger partial charge in [0.1, 0.15) is 0 Å². The quantitative estimate of drug-likeness (QED) is 0.789. The van der Waals surface area contributed by atoms with E-state index in [0.29, 0.717) is 5.92 Å². The Kier molecular flexibility index (Phi) is 5.39. The Morgan fingerprint density at radius 2 is 1.58 bits per heavy atom. The minimum atomic E-state index is 0.588. The van der Waals surface area contributed by atoms with Crippen LogP contribution in [0, 0.1) is 6.92 Å². The first-order chi connectivity index (χ1) is 11.6. The van der Waals surface area contributed by atoms with Crippen molar-refractivity contribution in [3.8, 4) is 0 Å². The first-order valence-electron chi connectivity index (χ1n) is 8.37. The van der Waals surface area contributed by atoms with E-state index < -0.39 is 0 Å². The molecule has 4 heteroatoms. The van der Waals surface area contributed by atoms with Crippen LogP contribution in [0.25, 0.3) is 0 Å². The zero-order valence-corrected chi connectivity index (χ0v) is 15.6. The maximum Gasteiger partial charge on any atom is 0.0745 e. The summed E-state index contributed by atoms with van der Waals surface area (Å²) in [6.45, 7) is 4.22. The summed E-state index contributed by atoms with van der Waals surface area (Å²) in [5, 5.41) is 8.49. The molecule has 1 saturated heterocycles. The van der Waals surface area contributed by atoms with Crippen LogP contribution in [0.1, 0.15) is 41.4 Å². The Hall–Kier alpha value is -1.22. The molecule has 2 nitrogen and oxygen atoms in total. The molecule has 2 fully saturated rings. The number of aliphatic hydroxyl groups excluding tert-OH is 1. The van der Waals surface area contributed by atoms with E-state index in [1.807, 2.05) is 18.2 Å². The largest absolute Gasteiger partial charge is 0.400 e. The van der Waals surface area contributed by atoms with E-state index in [-0.39, 0.29) is 0 Å². The van der Waals surface area contributed by atoms with E-state index in [1.54, 1.807) is 5.56 Å². The van der Waals surface area contributed by atoms with E-state index >= 15 is 0 Å². The van der Waals surface area contributed by atoms with Crippen molar-refractivity contribution in [1.82, 2.24) is 0 Å². The van der Waals surface area contributed by atoms with Gasteiger partial charge < -0.3 is 10.0 Å². The molecule has 0 spiro atoms. The molecule has 0 atom stereocenters. The molecule has 0 amide bonds. The number of anilines is 1. The monoisotopic (exact) mass is 363 g/mol. The van der Waals surface area contributed by atoms with E-state index in [0.717, 1.165) is 41.8 Å². The smallest absolute Gasteiger partial charge is 0.0745 e. The van der Waals surface area contributed by atoms with Crippen LogP contribution in [0.5, 0.6) is 0 Å². The van der Waals surface area contributed by atoms with Crippen LogP contribution in [0.2, 0.25) is 10.0 Å². The number of hydrogen-bond donors (Lipinski definition) is 1. The average molecular weight is 364 g/mol. The number of rotatable bonds is 3. The van der Waals surface area contributed by atoms with E-state index in [2.05, 4.69) is 30.0 Å². The Balaban J connectivity index is 0.000000815. The molecule has 0 bridgehead atoms. The fourth-order valence-electron chi connectivity index (χ4n) is 3.41. The summed E-state index contributed by atoms with van der Waals surface area (Å²) in [4.78, 5) is 2.28. The Labute approximate surface area is 154 Å². The molecule has 1 saturated carbocycles. The number of halogens is 2. The predicted octanol–water partition coefficient (Wildman–Crippen LogP) is 5.39. The standard InChI is InChI=1S/C19H19Cl2N.CH4O/c1-12-5-6-14(9-16(12)13-7-8-13)15-10-22(11-15)19-17(20)3-2-4-18(19)21;1-2/h2-6,9,13,15H,7-8,10-11H2,1H3;2H,1H3. The van der Waals surface area contributed by atoms with Gasteiger partial charge in [-0.15, -0.1) is 0 Å². The summed E-state index contributed by atoms with van der Waals surface area (Å²) in [5.74, 6) is 1.40. The lowest BCUT2D eigenvalue weighted by Gasteiger charge is -2.42. The van der Waals surface area contributed by atoms with Crippen molar-refractivity contribution >= 4 is 28.9 Å². The van der Waals surface area contributed by atoms with Gasteiger partial charge in [0.05, 0.1) is 15.7 Å². The lowest BCUT2D eigenvalue weighted by molar-refractivity contribution is 0.399. The molecule has 24 heavy (non-hydrogen) atoms. The third-order valence-electron chi connectivity index (χ3n) is 4.93. The van der Waals surface area contributed by atoms with Gasteiger partial charge >= 0.3 is 0 Å². The van der Waals surface area contributed by atoms with Crippen LogP contribution in [0.15, 0.2) is 36.4 Å². The first-order valence-corrected chi connectivity index (χ1v) is 9.13. The molecule has 4 rings (SSSR count). The summed E-state index contributed by atoms with van der Waals surface area (Å²) >= 11 is 12.6. The molecule has 1 aliphatic heterocycles. The van der Waals surface area contributed by atoms with Gasteiger partial charge in [-0.2, -0.15) is 0 Å². The highest BCUT2D eigenvalue weighted by atomic mass is 35.5. The second-order valence-corrected chi connectivity index (χ2v) is 7.38. The summed E-state index contributed by atoms with van der Waals surface area (Å²) in [5.41, 5.74) is 5.45. The minimum Gasteiger partial charge on any atom is -0.400 e. The minimum absolute atomic E-state index is 0.588. The predicted molar refractivity (Wildman–Crippen MR) is 103 cm³/mol. The van der Waals surface area contributed by atoms with Gasteiger partial charge in [0.15, 0.2) is 0 Å². The van der Waals surface area contributed by atoms with E-state index in [9.17, 15) is 0 Å². The molecule has 128 valence electrons. The Morgan fingerprint density at radius 3 is 2.17 bits per heavy atom. The zero-order chi connectivity index (χ0) is 17.3. The second kappa shape index (κ2) is 7.35. The van der Waals surface area contributed by atoms with Crippen molar-refractivity contribution in [3.63, 3.8) is 0 Å². The van der Waals surface area contributed by atoms with Gasteiger partial charge in [0, 0.05) is 26.1 Å². The van der Waals surface area contributed by atoms with Crippen molar-refractivity contribution in [2.75, 3.05) is 25.1 Å². The highest BCUT2D eigenvalue weighted by Crippen LogP contribution is 2.44. The maximum absolute atomic E-state index is 7.00. The van der Waals surface area contributed by atoms with Crippen LogP contribution in [0.4, 0.5) is 5.69 Å². The average Bonchev–Trinajstić information content (AvgIpc) is 3.37. The number of para-hydroxylation sites is 1. The molecule has 1 heterocycles. The Morgan fingerprint density at radius 1 is 0.958 bits per heavy atom. The fraction of sp³-hybridized carbons (Fsp3) is 0.400. The van der Waals surface area contributed by atoms with Crippen molar-refractivity contribution in [1.29, 1.82) is 0 Å². The van der Waals surface area contributed by atoms with Crippen LogP contribution >= 0.6 is 23.2 Å². The molecule has 1 aliphatic carbocycles. The molecular formula is C20H23Cl2NO. The molecule has 2 aromatic rings. The van der Waals surface area contributed by atoms with Crippen LogP contribution in [0.3, 0.4) is 0 Å². The number of nitrogens with zero attached hydrogens (tertiary/aromatic N) is 1. The summed E-state index contributed by atoms with van der Waals surface area (Å²) in [6, 6.07) is 12.7. The first kappa shape index (κ1) is 17.6. The van der Waals surface area contributed by atoms with Crippen LogP contribution < -0.4 is 4.90 Å². The van der Waals surface area contributed by atoms with E-state index in [4.69, 9.17) is 28.3 Å². The highest BCUT2D eigenvalue weighted by molar-refractivity contribution is 6.39. The lowest BCUT2D eigenvalue weighted by Crippen LogP contribution is -2.45. The number of aryl methyl sites for hydroxylation is 1. The number of benzene rings is 2. The van der Waals surface area contributed by atoms with E-state index in [1.165, 1.54) is 24.0 Å². The molecule has 2 aliphatic rings. The fourth-order valence-corrected chi connectivity index (χ4v) is 4.05. The molecule has 0 radical (unpaired) electrons. The summed E-state index contributed by atoms with van der Waals surface area (Å²) < 4.78 is 0. The third-order valence-corrected chi connectivity index (χ3v) is 5.54. The van der Waals surface area contributed by atoms with Crippen molar-refractivity contribution in [2.45, 2.75) is 31.6 Å². The van der Waals surface area contributed by atoms with Crippen molar-refractivity contribution in [3.05, 3.63) is 63.1 Å². The highest BCUT2D eigenvalue weighted by Gasteiger charge is 2.32. The third kappa shape index (κ3) is 3.42. The summed E-state index contributed by atoms with van der Waals surface area (Å²) in [7, 11) is 1.00. The van der Waals surface area contributed by atoms with Gasteiger partial charge in [0.25, 0.3) is 0 Å². The number of aliphatic hydroxyl groups is 1. The van der Waals surface area contributed by atoms with Crippen LogP contribution in [-0.2, 0) is 0 Å². The number of hydrogen-bond acceptors (Lipinski definition) is 2. The van der Waals surface area contributed by atoms with Crippen LogP contribution in [-0.4, -0.2) is 25.3 Å². The van der Waals surface area contributed by atoms with Gasteiger partial charge in [-0.1, -0.05) is 47.5 Å². The Bertz CT molecular complexity index is 701. The lowest BCUT2D eigenvalue weighted by atomic mass is 9.88. The SMILES string of the molecule is CO.Cc1ccc(C2CN(c3c(Cl)cccc3Cl)C2)cc1C1CC1. The normalized spacial score (nSPS) is 17.1. The summed E-state index contributed by atoms with van der Waals surface area (Å²) in [6.07, 6.45) is 2.71. The van der Waals surface area contributed by atoms with Gasteiger partial charge in [0.2, 0.25) is 0 Å². The van der Waals surface area contributed by atoms with Gasteiger partial charge in [-0.05, 0) is 54.5 Å². The van der Waals surface area contributed by atoms with Gasteiger partial charge in [-0.25, -0.2) is 0 Å². The topological polar surface area (TPSA) is 23.5 Å².